The van der Waals surface area contributed by atoms with Gasteiger partial charge in [0.25, 0.3) is 5.91 Å². The molecule has 2 fully saturated rings. The molecule has 2 aliphatic heterocycles. The molecule has 2 aromatic heterocycles. The van der Waals surface area contributed by atoms with E-state index in [0.29, 0.717) is 13.1 Å². The minimum atomic E-state index is -0.0964. The Morgan fingerprint density at radius 3 is 2.70 bits per heavy atom. The Morgan fingerprint density at radius 2 is 1.96 bits per heavy atom. The van der Waals surface area contributed by atoms with Crippen molar-refractivity contribution in [2.45, 2.75) is 31.6 Å². The molecule has 0 bridgehead atoms. The van der Waals surface area contributed by atoms with Gasteiger partial charge in [0.1, 0.15) is 12.2 Å². The maximum Gasteiger partial charge on any atom is 0.263 e. The van der Waals surface area contributed by atoms with Crippen LogP contribution in [0.1, 0.15) is 47.1 Å². The van der Waals surface area contributed by atoms with Gasteiger partial charge in [0.15, 0.2) is 0 Å². The molecule has 4 rings (SSSR count). The number of thiophene rings is 1. The number of hydrogen-bond donors (Lipinski definition) is 0. The lowest BCUT2D eigenvalue weighted by Crippen LogP contribution is -2.49. The average Bonchev–Trinajstić information content (AvgIpc) is 3.39. The first-order valence-corrected chi connectivity index (χ1v) is 10.5. The van der Waals surface area contributed by atoms with Crippen LogP contribution in [0.15, 0.2) is 23.8 Å². The van der Waals surface area contributed by atoms with Gasteiger partial charge in [0.05, 0.1) is 10.8 Å². The monoisotopic (exact) mass is 387 g/mol. The van der Waals surface area contributed by atoms with Gasteiger partial charge in [-0.3, -0.25) is 9.59 Å². The summed E-state index contributed by atoms with van der Waals surface area (Å²) in [7, 11) is 1.95. The van der Waals surface area contributed by atoms with Crippen LogP contribution in [0.2, 0.25) is 0 Å². The summed E-state index contributed by atoms with van der Waals surface area (Å²) < 4.78 is 1.95. The summed E-state index contributed by atoms with van der Waals surface area (Å²) in [5.41, 5.74) is 0. The molecule has 4 heterocycles. The molecular weight excluding hydrogens is 362 g/mol. The van der Waals surface area contributed by atoms with Gasteiger partial charge >= 0.3 is 0 Å². The molecule has 0 radical (unpaired) electrons. The topological polar surface area (TPSA) is 71.3 Å². The summed E-state index contributed by atoms with van der Waals surface area (Å²) in [6, 6.07) is 3.75. The van der Waals surface area contributed by atoms with E-state index in [9.17, 15) is 9.59 Å². The molecule has 0 N–H and O–H groups in total. The Morgan fingerprint density at radius 1 is 1.15 bits per heavy atom. The number of rotatable bonds is 3. The lowest BCUT2D eigenvalue weighted by atomic mass is 9.92. The molecule has 2 aliphatic rings. The number of likely N-dealkylation sites (tertiary alicyclic amines) is 2. The fraction of sp³-hybridized carbons (Fsp3) is 0.579. The number of aromatic nitrogens is 3. The summed E-state index contributed by atoms with van der Waals surface area (Å²) in [5.74, 6) is 1.33. The second kappa shape index (κ2) is 7.80. The van der Waals surface area contributed by atoms with Crippen molar-refractivity contribution in [2.75, 3.05) is 26.2 Å². The molecule has 144 valence electrons. The van der Waals surface area contributed by atoms with E-state index in [0.717, 1.165) is 49.5 Å². The summed E-state index contributed by atoms with van der Waals surface area (Å²) in [6.07, 6.45) is 5.47. The molecule has 2 saturated heterocycles. The number of piperidine rings is 2. The normalized spacial score (nSPS) is 23.4. The number of hydrogen-bond acceptors (Lipinski definition) is 5. The maximum absolute atomic E-state index is 13.2. The first kappa shape index (κ1) is 18.2. The number of nitrogens with zero attached hydrogens (tertiary/aromatic N) is 5. The van der Waals surface area contributed by atoms with E-state index in [2.05, 4.69) is 10.2 Å². The molecule has 2 atom stereocenters. The molecule has 2 amide bonds. The van der Waals surface area contributed by atoms with Crippen molar-refractivity contribution < 1.29 is 9.59 Å². The Labute approximate surface area is 163 Å². The summed E-state index contributed by atoms with van der Waals surface area (Å²) in [5, 5.41) is 10.1. The first-order chi connectivity index (χ1) is 13.1. The van der Waals surface area contributed by atoms with Gasteiger partial charge in [-0.05, 0) is 37.1 Å². The minimum absolute atomic E-state index is 0.0538. The van der Waals surface area contributed by atoms with E-state index < -0.39 is 0 Å². The van der Waals surface area contributed by atoms with Crippen LogP contribution in [-0.4, -0.2) is 62.6 Å². The van der Waals surface area contributed by atoms with Gasteiger partial charge < -0.3 is 14.4 Å². The van der Waals surface area contributed by atoms with Crippen molar-refractivity contribution in [3.8, 4) is 0 Å². The molecule has 0 aliphatic carbocycles. The molecule has 2 aromatic rings. The van der Waals surface area contributed by atoms with E-state index in [1.54, 1.807) is 6.33 Å². The summed E-state index contributed by atoms with van der Waals surface area (Å²) >= 11 is 1.46. The van der Waals surface area contributed by atoms with E-state index >= 15 is 0 Å². The third kappa shape index (κ3) is 3.76. The van der Waals surface area contributed by atoms with Crippen LogP contribution >= 0.6 is 11.3 Å². The van der Waals surface area contributed by atoms with Crippen LogP contribution in [0, 0.1) is 5.92 Å². The molecular formula is C19H25N5O2S. The Hall–Kier alpha value is -2.22. The van der Waals surface area contributed by atoms with Crippen LogP contribution in [0.5, 0.6) is 0 Å². The van der Waals surface area contributed by atoms with E-state index in [-0.39, 0.29) is 23.7 Å². The number of aryl methyl sites for hydroxylation is 1. The highest BCUT2D eigenvalue weighted by Gasteiger charge is 2.34. The second-order valence-electron chi connectivity index (χ2n) is 7.49. The predicted octanol–water partition coefficient (Wildman–Crippen LogP) is 2.13. The minimum Gasteiger partial charge on any atom is -0.342 e. The zero-order valence-corrected chi connectivity index (χ0v) is 16.4. The van der Waals surface area contributed by atoms with Crippen LogP contribution in [-0.2, 0) is 11.8 Å². The second-order valence-corrected chi connectivity index (χ2v) is 8.44. The standard InChI is InChI=1S/C19H25N5O2S/c1-22-13-20-21-17(22)14-5-2-8-23(11-14)18(25)15-6-3-9-24(12-15)19(26)16-7-4-10-27-16/h4,7,10,13-15H,2-3,5-6,8-9,11-12H2,1H3. The van der Waals surface area contributed by atoms with Crippen molar-refractivity contribution in [3.63, 3.8) is 0 Å². The SMILES string of the molecule is Cn1cnnc1C1CCCN(C(=O)C2CCCN(C(=O)c3cccs3)C2)C1. The largest absolute Gasteiger partial charge is 0.342 e. The van der Waals surface area contributed by atoms with Gasteiger partial charge in [-0.15, -0.1) is 21.5 Å². The van der Waals surface area contributed by atoms with E-state index in [1.807, 2.05) is 38.9 Å². The van der Waals surface area contributed by atoms with Crippen molar-refractivity contribution in [2.24, 2.45) is 13.0 Å². The molecule has 8 heteroatoms. The van der Waals surface area contributed by atoms with Gasteiger partial charge in [0, 0.05) is 39.1 Å². The summed E-state index contributed by atoms with van der Waals surface area (Å²) in [4.78, 5) is 30.4. The van der Waals surface area contributed by atoms with E-state index in [4.69, 9.17) is 0 Å². The van der Waals surface area contributed by atoms with Crippen molar-refractivity contribution in [1.29, 1.82) is 0 Å². The Bertz CT molecular complexity index is 803. The van der Waals surface area contributed by atoms with E-state index in [1.165, 1.54) is 11.3 Å². The highest BCUT2D eigenvalue weighted by Crippen LogP contribution is 2.28. The fourth-order valence-electron chi connectivity index (χ4n) is 4.23. The number of carbonyl (C=O) groups is 2. The third-order valence-electron chi connectivity index (χ3n) is 5.63. The zero-order valence-electron chi connectivity index (χ0n) is 15.6. The smallest absolute Gasteiger partial charge is 0.263 e. The summed E-state index contributed by atoms with van der Waals surface area (Å²) in [6.45, 7) is 2.76. The average molecular weight is 388 g/mol. The number of amides is 2. The highest BCUT2D eigenvalue weighted by atomic mass is 32.1. The first-order valence-electron chi connectivity index (χ1n) is 9.59. The maximum atomic E-state index is 13.2. The molecule has 27 heavy (non-hydrogen) atoms. The number of carbonyl (C=O) groups excluding carboxylic acids is 2. The Balaban J connectivity index is 1.41. The predicted molar refractivity (Wildman–Crippen MR) is 103 cm³/mol. The Kier molecular flexibility index (Phi) is 5.24. The zero-order chi connectivity index (χ0) is 18.8. The van der Waals surface area contributed by atoms with Gasteiger partial charge in [-0.1, -0.05) is 6.07 Å². The van der Waals surface area contributed by atoms with Crippen LogP contribution in [0.3, 0.4) is 0 Å². The molecule has 0 saturated carbocycles. The van der Waals surface area contributed by atoms with Crippen LogP contribution < -0.4 is 0 Å². The van der Waals surface area contributed by atoms with Crippen molar-refractivity contribution in [1.82, 2.24) is 24.6 Å². The molecule has 7 nitrogen and oxygen atoms in total. The van der Waals surface area contributed by atoms with Gasteiger partial charge in [-0.2, -0.15) is 0 Å². The molecule has 0 spiro atoms. The lowest BCUT2D eigenvalue weighted by molar-refractivity contribution is -0.138. The quantitative estimate of drug-likeness (QED) is 0.809. The highest BCUT2D eigenvalue weighted by molar-refractivity contribution is 7.12. The van der Waals surface area contributed by atoms with Crippen LogP contribution in [0.4, 0.5) is 0 Å². The lowest BCUT2D eigenvalue weighted by Gasteiger charge is -2.38. The van der Waals surface area contributed by atoms with Gasteiger partial charge in [-0.25, -0.2) is 0 Å². The van der Waals surface area contributed by atoms with Crippen molar-refractivity contribution >= 4 is 23.2 Å². The molecule has 2 unspecified atom stereocenters. The van der Waals surface area contributed by atoms with Crippen LogP contribution in [0.25, 0.3) is 0 Å². The van der Waals surface area contributed by atoms with Gasteiger partial charge in [0.2, 0.25) is 5.91 Å². The fourth-order valence-corrected chi connectivity index (χ4v) is 4.92. The van der Waals surface area contributed by atoms with Crippen molar-refractivity contribution in [3.05, 3.63) is 34.5 Å². The third-order valence-corrected chi connectivity index (χ3v) is 6.49. The molecule has 0 aromatic carbocycles.